The molecule has 1 saturated heterocycles. The van der Waals surface area contributed by atoms with Crippen LogP contribution in [0.1, 0.15) is 19.0 Å². The number of nitrogens with two attached hydrogens (primary N) is 1. The van der Waals surface area contributed by atoms with Gasteiger partial charge < -0.3 is 25.5 Å². The third-order valence-electron chi connectivity index (χ3n) is 5.73. The summed E-state index contributed by atoms with van der Waals surface area (Å²) in [6, 6.07) is 13.6. The van der Waals surface area contributed by atoms with Crippen molar-refractivity contribution < 1.29 is 18.3 Å². The summed E-state index contributed by atoms with van der Waals surface area (Å²) in [5.74, 6) is 0.0984. The van der Waals surface area contributed by atoms with Gasteiger partial charge in [0.1, 0.15) is 11.6 Å². The van der Waals surface area contributed by atoms with Crippen molar-refractivity contribution in [1.82, 2.24) is 19.9 Å². The Kier molecular flexibility index (Phi) is 6.25. The van der Waals surface area contributed by atoms with Gasteiger partial charge >= 0.3 is 0 Å². The fourth-order valence-corrected chi connectivity index (χ4v) is 3.64. The summed E-state index contributed by atoms with van der Waals surface area (Å²) in [5, 5.41) is 3.06. The van der Waals surface area contributed by atoms with Crippen LogP contribution < -0.4 is 11.1 Å². The fraction of sp³-hybridized carbons (Fsp3) is 0.240. The average Bonchev–Trinajstić information content (AvgIpc) is 3.32. The van der Waals surface area contributed by atoms with Gasteiger partial charge in [0.2, 0.25) is 12.2 Å². The Balaban J connectivity index is 1.50. The van der Waals surface area contributed by atoms with Crippen molar-refractivity contribution in [2.24, 2.45) is 11.1 Å². The summed E-state index contributed by atoms with van der Waals surface area (Å²) < 4.78 is 38.6. The molecule has 0 bridgehead atoms. The van der Waals surface area contributed by atoms with Gasteiger partial charge in [0.05, 0.1) is 30.3 Å². The van der Waals surface area contributed by atoms with Crippen LogP contribution in [0.25, 0.3) is 22.6 Å². The molecular formula is C25H24F2N6O2. The summed E-state index contributed by atoms with van der Waals surface area (Å²) in [6.45, 7) is 3.29. The number of nitrogens with one attached hydrogen (secondary N) is 2. The zero-order valence-electron chi connectivity index (χ0n) is 19.0. The van der Waals surface area contributed by atoms with Crippen LogP contribution in [0.3, 0.4) is 0 Å². The Hall–Kier alpha value is -3.73. The average molecular weight is 479 g/mol. The van der Waals surface area contributed by atoms with Crippen LogP contribution >= 0.6 is 0 Å². The summed E-state index contributed by atoms with van der Waals surface area (Å²) in [6.07, 6.45) is 0.893. The first kappa shape index (κ1) is 23.0. The van der Waals surface area contributed by atoms with E-state index in [0.29, 0.717) is 59.9 Å². The maximum absolute atomic E-state index is 13.6. The minimum absolute atomic E-state index is 0.265. The number of imidazole rings is 1. The molecule has 8 nitrogen and oxygen atoms in total. The van der Waals surface area contributed by atoms with Gasteiger partial charge in [-0.1, -0.05) is 6.92 Å². The molecule has 0 saturated carbocycles. The molecular weight excluding hydrogens is 454 g/mol. The number of halogens is 2. The Bertz CT molecular complexity index is 1300. The van der Waals surface area contributed by atoms with E-state index in [2.05, 4.69) is 20.3 Å². The molecule has 0 aliphatic carbocycles. The van der Waals surface area contributed by atoms with Gasteiger partial charge in [-0.2, -0.15) is 0 Å². The molecule has 180 valence electrons. The van der Waals surface area contributed by atoms with Crippen LogP contribution in [0.5, 0.6) is 0 Å². The van der Waals surface area contributed by atoms with E-state index in [1.807, 2.05) is 6.92 Å². The van der Waals surface area contributed by atoms with E-state index in [0.717, 1.165) is 0 Å². The largest absolute Gasteiger partial charge is 0.345 e. The minimum atomic E-state index is -0.707. The van der Waals surface area contributed by atoms with E-state index in [1.54, 1.807) is 36.5 Å². The van der Waals surface area contributed by atoms with Gasteiger partial charge in [-0.15, -0.1) is 0 Å². The van der Waals surface area contributed by atoms with Crippen molar-refractivity contribution in [1.29, 1.82) is 0 Å². The third-order valence-corrected chi connectivity index (χ3v) is 5.73. The van der Waals surface area contributed by atoms with E-state index in [4.69, 9.17) is 20.2 Å². The Morgan fingerprint density at radius 2 is 1.66 bits per heavy atom. The highest BCUT2D eigenvalue weighted by molar-refractivity contribution is 5.77. The highest BCUT2D eigenvalue weighted by Gasteiger charge is 2.34. The number of H-pyrrole nitrogens is 1. The minimum Gasteiger partial charge on any atom is -0.345 e. The highest BCUT2D eigenvalue weighted by atomic mass is 19.1. The van der Waals surface area contributed by atoms with Crippen LogP contribution in [-0.2, 0) is 9.47 Å². The van der Waals surface area contributed by atoms with E-state index in [1.165, 1.54) is 24.3 Å². The van der Waals surface area contributed by atoms with E-state index >= 15 is 0 Å². The molecule has 0 spiro atoms. The number of anilines is 2. The lowest BCUT2D eigenvalue weighted by Gasteiger charge is -2.35. The summed E-state index contributed by atoms with van der Waals surface area (Å²) >= 11 is 0. The second-order valence-electron chi connectivity index (χ2n) is 8.72. The van der Waals surface area contributed by atoms with Gasteiger partial charge in [0, 0.05) is 29.4 Å². The highest BCUT2D eigenvalue weighted by Crippen LogP contribution is 2.35. The quantitative estimate of drug-likeness (QED) is 0.372. The maximum Gasteiger partial charge on any atom is 0.227 e. The van der Waals surface area contributed by atoms with Gasteiger partial charge in [0.25, 0.3) is 0 Å². The maximum atomic E-state index is 13.6. The predicted molar refractivity (Wildman–Crippen MR) is 126 cm³/mol. The molecule has 2 aromatic carbocycles. The number of hydrogen-bond donors (Lipinski definition) is 3. The molecule has 3 heterocycles. The standard InChI is InChI=1S/C25H24F2N6O2/c1-25(12-28)13-34-23(35-14-25)22-32-20(15-2-4-16(26)5-3-15)21(33-22)19-10-11-29-24(31-19)30-18-8-6-17(27)7-9-18/h2-11,23H,12-14,28H2,1H3,(H,32,33)(H,29,30,31). The monoisotopic (exact) mass is 478 g/mol. The first-order valence-corrected chi connectivity index (χ1v) is 11.1. The molecule has 4 aromatic rings. The molecule has 1 aliphatic rings. The molecule has 0 unspecified atom stereocenters. The Morgan fingerprint density at radius 1 is 1.00 bits per heavy atom. The number of aromatic nitrogens is 4. The second-order valence-corrected chi connectivity index (χ2v) is 8.72. The van der Waals surface area contributed by atoms with Gasteiger partial charge in [0.15, 0.2) is 5.82 Å². The molecule has 4 N–H and O–H groups in total. The van der Waals surface area contributed by atoms with Crippen molar-refractivity contribution >= 4 is 11.6 Å². The molecule has 0 atom stereocenters. The number of nitrogens with zero attached hydrogens (tertiary/aromatic N) is 3. The predicted octanol–water partition coefficient (Wildman–Crippen LogP) is 4.57. The SMILES string of the molecule is CC1(CN)COC(c2nc(-c3ccc(F)cc3)c(-c3ccnc(Nc4ccc(F)cc4)n3)[nH]2)OC1. The lowest BCUT2D eigenvalue weighted by atomic mass is 9.93. The van der Waals surface area contributed by atoms with Crippen molar-refractivity contribution in [3.05, 3.63) is 78.3 Å². The smallest absolute Gasteiger partial charge is 0.227 e. The van der Waals surface area contributed by atoms with Crippen LogP contribution in [0.4, 0.5) is 20.4 Å². The number of benzene rings is 2. The third kappa shape index (κ3) is 5.04. The number of rotatable bonds is 6. The van der Waals surface area contributed by atoms with E-state index in [9.17, 15) is 8.78 Å². The van der Waals surface area contributed by atoms with E-state index in [-0.39, 0.29) is 17.0 Å². The van der Waals surface area contributed by atoms with E-state index < -0.39 is 6.29 Å². The molecule has 35 heavy (non-hydrogen) atoms. The number of aromatic amines is 1. The second kappa shape index (κ2) is 9.49. The molecule has 0 radical (unpaired) electrons. The Labute approximate surface area is 200 Å². The van der Waals surface area contributed by atoms with Crippen LogP contribution in [-0.4, -0.2) is 39.7 Å². The topological polar surface area (TPSA) is 111 Å². The fourth-order valence-electron chi connectivity index (χ4n) is 3.64. The van der Waals surface area contributed by atoms with Crippen LogP contribution in [0.15, 0.2) is 60.8 Å². The molecule has 2 aromatic heterocycles. The molecule has 5 rings (SSSR count). The van der Waals surface area contributed by atoms with Gasteiger partial charge in [-0.05, 0) is 54.6 Å². The zero-order chi connectivity index (χ0) is 24.4. The van der Waals surface area contributed by atoms with Crippen molar-refractivity contribution in [3.8, 4) is 22.6 Å². The molecule has 0 amide bonds. The molecule has 10 heteroatoms. The van der Waals surface area contributed by atoms with Crippen LogP contribution in [0.2, 0.25) is 0 Å². The van der Waals surface area contributed by atoms with Crippen molar-refractivity contribution in [2.75, 3.05) is 25.1 Å². The zero-order valence-corrected chi connectivity index (χ0v) is 19.0. The lowest BCUT2D eigenvalue weighted by Crippen LogP contribution is -2.42. The Morgan fingerprint density at radius 3 is 2.31 bits per heavy atom. The molecule has 1 fully saturated rings. The first-order valence-electron chi connectivity index (χ1n) is 11.1. The van der Waals surface area contributed by atoms with Crippen LogP contribution in [0, 0.1) is 17.0 Å². The normalized spacial score (nSPS) is 20.1. The van der Waals surface area contributed by atoms with Crippen molar-refractivity contribution in [3.63, 3.8) is 0 Å². The number of ether oxygens (including phenoxy) is 2. The summed E-state index contributed by atoms with van der Waals surface area (Å²) in [5.41, 5.74) is 8.61. The summed E-state index contributed by atoms with van der Waals surface area (Å²) in [7, 11) is 0. The van der Waals surface area contributed by atoms with Crippen molar-refractivity contribution in [2.45, 2.75) is 13.2 Å². The summed E-state index contributed by atoms with van der Waals surface area (Å²) in [4.78, 5) is 16.9. The lowest BCUT2D eigenvalue weighted by molar-refractivity contribution is -0.231. The number of hydrogen-bond acceptors (Lipinski definition) is 7. The van der Waals surface area contributed by atoms with Gasteiger partial charge in [-0.25, -0.2) is 23.7 Å². The molecule has 1 aliphatic heterocycles. The first-order chi connectivity index (χ1) is 16.9. The van der Waals surface area contributed by atoms with Gasteiger partial charge in [-0.3, -0.25) is 0 Å².